The maximum absolute atomic E-state index is 14.5. The van der Waals surface area contributed by atoms with Crippen molar-refractivity contribution < 1.29 is 17.9 Å². The number of hydrogen-bond donors (Lipinski definition) is 1. The number of pyridine rings is 2. The molecule has 2 atom stereocenters. The number of benzene rings is 1. The third kappa shape index (κ3) is 5.11. The van der Waals surface area contributed by atoms with E-state index in [4.69, 9.17) is 10.5 Å². The molecule has 1 aliphatic rings. The molecule has 0 bridgehead atoms. The first-order valence-electron chi connectivity index (χ1n) is 11.0. The molecule has 1 aliphatic heterocycles. The molecule has 33 heavy (non-hydrogen) atoms. The maximum Gasteiger partial charge on any atom is 0.149 e. The second-order valence-electron chi connectivity index (χ2n) is 8.61. The minimum absolute atomic E-state index is 0.0150. The van der Waals surface area contributed by atoms with Crippen LogP contribution in [0.25, 0.3) is 11.3 Å². The lowest BCUT2D eigenvalue weighted by molar-refractivity contribution is 0.401. The number of methoxy groups -OCH3 is 1. The Kier molecular flexibility index (Phi) is 6.83. The molecule has 5 nitrogen and oxygen atoms in total. The molecule has 174 valence electrons. The summed E-state index contributed by atoms with van der Waals surface area (Å²) in [6.07, 6.45) is 5.62. The summed E-state index contributed by atoms with van der Waals surface area (Å²) >= 11 is 0. The number of aryl methyl sites for hydroxylation is 2. The Hall–Kier alpha value is -3.13. The molecule has 1 fully saturated rings. The van der Waals surface area contributed by atoms with Crippen LogP contribution in [0.3, 0.4) is 0 Å². The Morgan fingerprint density at radius 1 is 1.06 bits per heavy atom. The highest BCUT2D eigenvalue weighted by Crippen LogP contribution is 2.31. The van der Waals surface area contributed by atoms with Gasteiger partial charge in [-0.2, -0.15) is 0 Å². The zero-order valence-corrected chi connectivity index (χ0v) is 18.7. The van der Waals surface area contributed by atoms with Gasteiger partial charge in [-0.25, -0.2) is 18.2 Å². The van der Waals surface area contributed by atoms with Crippen LogP contribution in [0, 0.1) is 23.4 Å². The zero-order chi connectivity index (χ0) is 23.5. The number of ether oxygens (including phenoxy) is 1. The predicted molar refractivity (Wildman–Crippen MR) is 122 cm³/mol. The molecule has 0 amide bonds. The van der Waals surface area contributed by atoms with Gasteiger partial charge in [0, 0.05) is 55.0 Å². The van der Waals surface area contributed by atoms with Crippen molar-refractivity contribution in [3.8, 4) is 17.0 Å². The van der Waals surface area contributed by atoms with Gasteiger partial charge in [-0.15, -0.1) is 0 Å². The van der Waals surface area contributed by atoms with Crippen molar-refractivity contribution in [1.29, 1.82) is 0 Å². The fourth-order valence-electron chi connectivity index (χ4n) is 4.47. The van der Waals surface area contributed by atoms with E-state index in [1.807, 2.05) is 12.3 Å². The first-order chi connectivity index (χ1) is 15.9. The fraction of sp³-hybridized carbons (Fsp3) is 0.360. The van der Waals surface area contributed by atoms with Crippen molar-refractivity contribution in [2.24, 2.45) is 11.7 Å². The smallest absolute Gasteiger partial charge is 0.149 e. The molecule has 3 aromatic rings. The lowest BCUT2D eigenvalue weighted by Gasteiger charge is -2.37. The van der Waals surface area contributed by atoms with Crippen molar-refractivity contribution in [1.82, 2.24) is 9.97 Å². The summed E-state index contributed by atoms with van der Waals surface area (Å²) in [4.78, 5) is 10.8. The lowest BCUT2D eigenvalue weighted by atomic mass is 9.95. The van der Waals surface area contributed by atoms with Crippen molar-refractivity contribution in [2.45, 2.75) is 32.2 Å². The van der Waals surface area contributed by atoms with E-state index in [1.54, 1.807) is 6.20 Å². The molecule has 0 radical (unpaired) electrons. The Morgan fingerprint density at radius 3 is 2.52 bits per heavy atom. The average Bonchev–Trinajstić information content (AvgIpc) is 2.78. The van der Waals surface area contributed by atoms with E-state index in [9.17, 15) is 13.2 Å². The van der Waals surface area contributed by atoms with Crippen LogP contribution in [-0.2, 0) is 12.8 Å². The van der Waals surface area contributed by atoms with Crippen LogP contribution >= 0.6 is 0 Å². The first-order valence-corrected chi connectivity index (χ1v) is 11.0. The molecule has 0 aliphatic carbocycles. The molecule has 0 unspecified atom stereocenters. The number of rotatable bonds is 6. The Balaban J connectivity index is 1.58. The Bertz CT molecular complexity index is 1110. The van der Waals surface area contributed by atoms with Crippen LogP contribution in [0.4, 0.5) is 18.9 Å². The summed E-state index contributed by atoms with van der Waals surface area (Å²) in [5.74, 6) is -2.15. The van der Waals surface area contributed by atoms with Gasteiger partial charge in [0.1, 0.15) is 28.9 Å². The van der Waals surface area contributed by atoms with Gasteiger partial charge in [0.25, 0.3) is 0 Å². The normalized spacial score (nSPS) is 18.4. The summed E-state index contributed by atoms with van der Waals surface area (Å²) in [7, 11) is 1.30. The molecule has 2 N–H and O–H groups in total. The molecule has 0 saturated carbocycles. The highest BCUT2D eigenvalue weighted by Gasteiger charge is 2.24. The second-order valence-corrected chi connectivity index (χ2v) is 8.61. The monoisotopic (exact) mass is 456 g/mol. The molecule has 1 saturated heterocycles. The summed E-state index contributed by atoms with van der Waals surface area (Å²) in [5.41, 5.74) is 7.98. The molecule has 0 spiro atoms. The minimum Gasteiger partial charge on any atom is -0.497 e. The van der Waals surface area contributed by atoms with Crippen molar-refractivity contribution in [2.75, 3.05) is 25.1 Å². The molecule has 4 rings (SSSR count). The summed E-state index contributed by atoms with van der Waals surface area (Å²) in [6.45, 7) is 3.88. The van der Waals surface area contributed by atoms with Gasteiger partial charge in [-0.1, -0.05) is 6.92 Å². The van der Waals surface area contributed by atoms with Gasteiger partial charge in [0.15, 0.2) is 0 Å². The van der Waals surface area contributed by atoms with Gasteiger partial charge in [0.2, 0.25) is 0 Å². The highest BCUT2D eigenvalue weighted by molar-refractivity contribution is 5.63. The summed E-state index contributed by atoms with van der Waals surface area (Å²) in [5, 5.41) is 0. The van der Waals surface area contributed by atoms with E-state index >= 15 is 0 Å². The van der Waals surface area contributed by atoms with E-state index in [0.29, 0.717) is 24.5 Å². The van der Waals surface area contributed by atoms with E-state index < -0.39 is 23.0 Å². The number of aromatic nitrogens is 2. The molecule has 2 aromatic heterocycles. The molecule has 8 heteroatoms. The topological polar surface area (TPSA) is 64.3 Å². The largest absolute Gasteiger partial charge is 0.497 e. The number of anilines is 1. The van der Waals surface area contributed by atoms with Gasteiger partial charge in [-0.3, -0.25) is 4.98 Å². The van der Waals surface area contributed by atoms with Crippen LogP contribution in [0.5, 0.6) is 5.75 Å². The van der Waals surface area contributed by atoms with Crippen LogP contribution in [-0.4, -0.2) is 36.2 Å². The molecule has 1 aromatic carbocycles. The molecular weight excluding hydrogens is 429 g/mol. The quantitative estimate of drug-likeness (QED) is 0.591. The number of halogens is 3. The number of piperidine rings is 1. The van der Waals surface area contributed by atoms with Gasteiger partial charge >= 0.3 is 0 Å². The first kappa shape index (κ1) is 23.0. The molecule has 3 heterocycles. The number of hydrogen-bond acceptors (Lipinski definition) is 5. The number of nitrogens with two attached hydrogens (primary N) is 1. The van der Waals surface area contributed by atoms with E-state index in [0.717, 1.165) is 42.9 Å². The van der Waals surface area contributed by atoms with Gasteiger partial charge in [-0.05, 0) is 48.9 Å². The Labute approximate surface area is 191 Å². The molecular formula is C25H27F3N4O. The predicted octanol–water partition coefficient (Wildman–Crippen LogP) is 4.53. The van der Waals surface area contributed by atoms with Gasteiger partial charge < -0.3 is 15.4 Å². The van der Waals surface area contributed by atoms with Crippen LogP contribution < -0.4 is 15.4 Å². The second kappa shape index (κ2) is 9.79. The van der Waals surface area contributed by atoms with E-state index in [2.05, 4.69) is 21.8 Å². The SMILES string of the molecule is COc1cc(F)c(-c2nc(CCc3cnccc3N3C[C@H](C)C[C@H](N)C3)ccc2F)c(F)c1. The standard InChI is InChI=1S/C25H27F3N4O/c1-15-9-17(29)14-32(13-15)23-7-8-30-12-16(23)3-4-18-5-6-20(26)25(31-18)24-21(27)10-19(33-2)11-22(24)28/h5-8,10-12,15,17H,3-4,9,13-14,29H2,1-2H3/t15-,17+/m1/s1. The van der Waals surface area contributed by atoms with E-state index in [1.165, 1.54) is 19.2 Å². The maximum atomic E-state index is 14.5. The zero-order valence-electron chi connectivity index (χ0n) is 18.7. The minimum atomic E-state index is -0.930. The third-order valence-corrected chi connectivity index (χ3v) is 5.95. The van der Waals surface area contributed by atoms with Crippen LogP contribution in [0.2, 0.25) is 0 Å². The lowest BCUT2D eigenvalue weighted by Crippen LogP contribution is -2.46. The fourth-order valence-corrected chi connectivity index (χ4v) is 4.47. The van der Waals surface area contributed by atoms with E-state index in [-0.39, 0.29) is 17.5 Å². The van der Waals surface area contributed by atoms with Crippen LogP contribution in [0.1, 0.15) is 24.6 Å². The number of nitrogens with zero attached hydrogens (tertiary/aromatic N) is 3. The summed E-state index contributed by atoms with van der Waals surface area (Å²) < 4.78 is 48.4. The van der Waals surface area contributed by atoms with Crippen molar-refractivity contribution >= 4 is 5.69 Å². The Morgan fingerprint density at radius 2 is 1.82 bits per heavy atom. The van der Waals surface area contributed by atoms with Crippen molar-refractivity contribution in [3.63, 3.8) is 0 Å². The van der Waals surface area contributed by atoms with Crippen molar-refractivity contribution in [3.05, 3.63) is 71.4 Å². The van der Waals surface area contributed by atoms with Gasteiger partial charge in [0.05, 0.1) is 12.7 Å². The summed E-state index contributed by atoms with van der Waals surface area (Å²) in [6, 6.07) is 6.84. The average molecular weight is 457 g/mol. The highest BCUT2D eigenvalue weighted by atomic mass is 19.1. The van der Waals surface area contributed by atoms with Crippen LogP contribution in [0.15, 0.2) is 42.7 Å². The third-order valence-electron chi connectivity index (χ3n) is 5.95.